The number of carbonyl (C=O) groups excluding carboxylic acids is 2. The first kappa shape index (κ1) is 19.9. The number of anilines is 1. The second kappa shape index (κ2) is 8.79. The van der Waals surface area contributed by atoms with Crippen LogP contribution in [0, 0.1) is 0 Å². The number of rotatable bonds is 7. The Bertz CT molecular complexity index is 780. The molecule has 2 rings (SSSR count). The largest absolute Gasteiger partial charge is 0.433 e. The van der Waals surface area contributed by atoms with E-state index in [0.29, 0.717) is 17.7 Å². The van der Waals surface area contributed by atoms with Crippen LogP contribution < -0.4 is 5.32 Å². The maximum atomic E-state index is 12.6. The lowest BCUT2D eigenvalue weighted by Crippen LogP contribution is -2.11. The van der Waals surface area contributed by atoms with Crippen LogP contribution in [0.3, 0.4) is 0 Å². The SMILES string of the molecule is CCCC(=O)Nc1ccc(C(=O)CSc2nccc(C(F)(F)F)n2)cc1. The van der Waals surface area contributed by atoms with Crippen molar-refractivity contribution < 1.29 is 22.8 Å². The molecule has 0 saturated heterocycles. The van der Waals surface area contributed by atoms with E-state index in [1.807, 2.05) is 6.92 Å². The molecule has 1 aromatic carbocycles. The van der Waals surface area contributed by atoms with Crippen molar-refractivity contribution >= 4 is 29.1 Å². The molecule has 0 aliphatic heterocycles. The third-order valence-electron chi connectivity index (χ3n) is 3.22. The zero-order valence-corrected chi connectivity index (χ0v) is 14.7. The Morgan fingerprint density at radius 1 is 1.15 bits per heavy atom. The van der Waals surface area contributed by atoms with Crippen LogP contribution >= 0.6 is 11.8 Å². The van der Waals surface area contributed by atoms with Gasteiger partial charge in [-0.15, -0.1) is 0 Å². The molecule has 2 aromatic rings. The lowest BCUT2D eigenvalue weighted by molar-refractivity contribution is -0.141. The highest BCUT2D eigenvalue weighted by Gasteiger charge is 2.32. The number of thioether (sulfide) groups is 1. The van der Waals surface area contributed by atoms with Crippen molar-refractivity contribution in [1.82, 2.24) is 9.97 Å². The Balaban J connectivity index is 1.95. The first-order valence-corrected chi connectivity index (χ1v) is 8.74. The monoisotopic (exact) mass is 383 g/mol. The van der Waals surface area contributed by atoms with Crippen LogP contribution in [0.2, 0.25) is 0 Å². The van der Waals surface area contributed by atoms with E-state index < -0.39 is 11.9 Å². The summed E-state index contributed by atoms with van der Waals surface area (Å²) in [5.41, 5.74) is -0.0820. The van der Waals surface area contributed by atoms with Crippen molar-refractivity contribution in [2.45, 2.75) is 31.1 Å². The topological polar surface area (TPSA) is 72.0 Å². The van der Waals surface area contributed by atoms with Gasteiger partial charge < -0.3 is 5.32 Å². The highest BCUT2D eigenvalue weighted by Crippen LogP contribution is 2.28. The number of hydrogen-bond donors (Lipinski definition) is 1. The molecule has 0 aliphatic carbocycles. The number of amides is 1. The van der Waals surface area contributed by atoms with Crippen LogP contribution in [0.4, 0.5) is 18.9 Å². The van der Waals surface area contributed by atoms with Gasteiger partial charge in [-0.25, -0.2) is 9.97 Å². The molecule has 0 unspecified atom stereocenters. The Labute approximate surface area is 152 Å². The maximum absolute atomic E-state index is 12.6. The normalized spacial score (nSPS) is 11.2. The molecule has 26 heavy (non-hydrogen) atoms. The van der Waals surface area contributed by atoms with Crippen LogP contribution in [0.5, 0.6) is 0 Å². The summed E-state index contributed by atoms with van der Waals surface area (Å²) in [7, 11) is 0. The zero-order chi connectivity index (χ0) is 19.2. The number of benzene rings is 1. The van der Waals surface area contributed by atoms with Gasteiger partial charge in [0.25, 0.3) is 0 Å². The Kier molecular flexibility index (Phi) is 6.73. The van der Waals surface area contributed by atoms with Gasteiger partial charge in [-0.3, -0.25) is 9.59 Å². The predicted octanol–water partition coefficient (Wildman–Crippen LogP) is 4.21. The number of nitrogens with zero attached hydrogens (tertiary/aromatic N) is 2. The van der Waals surface area contributed by atoms with Crippen molar-refractivity contribution in [2.24, 2.45) is 0 Å². The van der Waals surface area contributed by atoms with Crippen LogP contribution in [0.25, 0.3) is 0 Å². The molecule has 0 bridgehead atoms. The molecule has 0 aliphatic rings. The predicted molar refractivity (Wildman–Crippen MR) is 92.1 cm³/mol. The molecule has 0 spiro atoms. The standard InChI is InChI=1S/C17H16F3N3O2S/c1-2-3-15(25)22-12-6-4-11(5-7-12)13(24)10-26-16-21-9-8-14(23-16)17(18,19)20/h4-9H,2-3,10H2,1H3,(H,22,25). The highest BCUT2D eigenvalue weighted by atomic mass is 32.2. The maximum Gasteiger partial charge on any atom is 0.433 e. The van der Waals surface area contributed by atoms with Gasteiger partial charge in [0.15, 0.2) is 10.9 Å². The molecule has 0 fully saturated rings. The van der Waals surface area contributed by atoms with E-state index >= 15 is 0 Å². The van der Waals surface area contributed by atoms with Crippen molar-refractivity contribution in [1.29, 1.82) is 0 Å². The molecular formula is C17H16F3N3O2S. The Hall–Kier alpha value is -2.42. The number of carbonyl (C=O) groups is 2. The van der Waals surface area contributed by atoms with Crippen molar-refractivity contribution in [3.05, 3.63) is 47.8 Å². The lowest BCUT2D eigenvalue weighted by Gasteiger charge is -2.07. The smallest absolute Gasteiger partial charge is 0.326 e. The quantitative estimate of drug-likeness (QED) is 0.441. The second-order valence-electron chi connectivity index (χ2n) is 5.31. The molecule has 1 N–H and O–H groups in total. The van der Waals surface area contributed by atoms with Gasteiger partial charge in [0.1, 0.15) is 5.69 Å². The summed E-state index contributed by atoms with van der Waals surface area (Å²) in [6.45, 7) is 1.90. The van der Waals surface area contributed by atoms with E-state index in [1.54, 1.807) is 24.3 Å². The van der Waals surface area contributed by atoms with E-state index in [-0.39, 0.29) is 22.6 Å². The van der Waals surface area contributed by atoms with E-state index in [2.05, 4.69) is 15.3 Å². The van der Waals surface area contributed by atoms with E-state index in [4.69, 9.17) is 0 Å². The minimum Gasteiger partial charge on any atom is -0.326 e. The minimum atomic E-state index is -4.56. The molecule has 5 nitrogen and oxygen atoms in total. The molecule has 0 radical (unpaired) electrons. The minimum absolute atomic E-state index is 0.0944. The number of aromatic nitrogens is 2. The van der Waals surface area contributed by atoms with Gasteiger partial charge in [-0.1, -0.05) is 18.7 Å². The van der Waals surface area contributed by atoms with Gasteiger partial charge >= 0.3 is 6.18 Å². The molecule has 0 atom stereocenters. The number of hydrogen-bond acceptors (Lipinski definition) is 5. The summed E-state index contributed by atoms with van der Waals surface area (Å²) in [6, 6.07) is 7.09. The van der Waals surface area contributed by atoms with Gasteiger partial charge in [-0.05, 0) is 36.8 Å². The summed E-state index contributed by atoms with van der Waals surface area (Å²) in [4.78, 5) is 30.8. The van der Waals surface area contributed by atoms with Crippen LogP contribution in [0.15, 0.2) is 41.7 Å². The average Bonchev–Trinajstić information content (AvgIpc) is 2.60. The van der Waals surface area contributed by atoms with Gasteiger partial charge in [-0.2, -0.15) is 13.2 Å². The van der Waals surface area contributed by atoms with Gasteiger partial charge in [0, 0.05) is 23.9 Å². The van der Waals surface area contributed by atoms with Gasteiger partial charge in [0.05, 0.1) is 5.75 Å². The molecule has 0 saturated carbocycles. The van der Waals surface area contributed by atoms with Crippen LogP contribution in [0.1, 0.15) is 35.8 Å². The highest BCUT2D eigenvalue weighted by molar-refractivity contribution is 7.99. The molecule has 1 amide bonds. The summed E-state index contributed by atoms with van der Waals surface area (Å²) in [5.74, 6) is -0.477. The van der Waals surface area contributed by atoms with Crippen molar-refractivity contribution in [2.75, 3.05) is 11.1 Å². The second-order valence-corrected chi connectivity index (χ2v) is 6.25. The van der Waals surface area contributed by atoms with E-state index in [1.165, 1.54) is 0 Å². The molecule has 1 aromatic heterocycles. The number of alkyl halides is 3. The van der Waals surface area contributed by atoms with E-state index in [0.717, 1.165) is 30.4 Å². The Morgan fingerprint density at radius 2 is 1.85 bits per heavy atom. The number of halogens is 3. The van der Waals surface area contributed by atoms with Crippen LogP contribution in [-0.2, 0) is 11.0 Å². The summed E-state index contributed by atoms with van der Waals surface area (Å²) in [6.07, 6.45) is -2.40. The van der Waals surface area contributed by atoms with Crippen LogP contribution in [-0.4, -0.2) is 27.4 Å². The van der Waals surface area contributed by atoms with Crippen molar-refractivity contribution in [3.8, 4) is 0 Å². The lowest BCUT2D eigenvalue weighted by atomic mass is 10.1. The number of Topliss-reactive ketones (excluding diaryl/α,β-unsaturated/α-hetero) is 1. The van der Waals surface area contributed by atoms with Crippen molar-refractivity contribution in [3.63, 3.8) is 0 Å². The fourth-order valence-corrected chi connectivity index (χ4v) is 2.70. The summed E-state index contributed by atoms with van der Waals surface area (Å²) >= 11 is 0.834. The third kappa shape index (κ3) is 5.83. The average molecular weight is 383 g/mol. The third-order valence-corrected chi connectivity index (χ3v) is 4.09. The first-order valence-electron chi connectivity index (χ1n) is 7.75. The molecule has 9 heteroatoms. The zero-order valence-electron chi connectivity index (χ0n) is 13.8. The molecular weight excluding hydrogens is 367 g/mol. The fourth-order valence-electron chi connectivity index (χ4n) is 1.97. The summed E-state index contributed by atoms with van der Waals surface area (Å²) < 4.78 is 37.8. The number of ketones is 1. The Morgan fingerprint density at radius 3 is 2.46 bits per heavy atom. The van der Waals surface area contributed by atoms with E-state index in [9.17, 15) is 22.8 Å². The van der Waals surface area contributed by atoms with Gasteiger partial charge in [0.2, 0.25) is 5.91 Å². The fraction of sp³-hybridized carbons (Fsp3) is 0.294. The molecule has 1 heterocycles. The summed E-state index contributed by atoms with van der Waals surface area (Å²) in [5, 5.41) is 2.59. The molecule has 138 valence electrons. The number of nitrogens with one attached hydrogen (secondary N) is 1. The first-order chi connectivity index (χ1) is 12.3.